The Balaban J connectivity index is 2.01. The number of benzene rings is 1. The van der Waals surface area contributed by atoms with Gasteiger partial charge in [0.15, 0.2) is 0 Å². The third-order valence-electron chi connectivity index (χ3n) is 2.84. The van der Waals surface area contributed by atoms with Crippen molar-refractivity contribution in [1.29, 1.82) is 0 Å². The van der Waals surface area contributed by atoms with Crippen molar-refractivity contribution >= 4 is 11.6 Å². The van der Waals surface area contributed by atoms with Crippen LogP contribution in [0.1, 0.15) is 11.1 Å². The minimum absolute atomic E-state index is 0.186. The molecule has 0 spiro atoms. The third kappa shape index (κ3) is 3.81. The number of hydrogen-bond donors (Lipinski definition) is 2. The number of rotatable bonds is 5. The summed E-state index contributed by atoms with van der Waals surface area (Å²) in [7, 11) is 0. The number of hydrazine groups is 1. The molecule has 2 aromatic rings. The van der Waals surface area contributed by atoms with Crippen LogP contribution in [-0.4, -0.2) is 11.0 Å². The number of hydrogen-bond acceptors (Lipinski definition) is 3. The van der Waals surface area contributed by atoms with E-state index >= 15 is 0 Å². The van der Waals surface area contributed by atoms with Gasteiger partial charge in [-0.3, -0.25) is 16.3 Å². The van der Waals surface area contributed by atoms with Crippen molar-refractivity contribution in [3.63, 3.8) is 0 Å². The summed E-state index contributed by atoms with van der Waals surface area (Å²) in [6.45, 7) is 0. The molecule has 0 bridgehead atoms. The number of nitrogens with zero attached hydrogens (tertiary/aromatic N) is 1. The first-order valence-electron chi connectivity index (χ1n) is 5.87. The van der Waals surface area contributed by atoms with Gasteiger partial charge in [-0.05, 0) is 48.2 Å². The van der Waals surface area contributed by atoms with E-state index in [4.69, 9.17) is 17.4 Å². The molecule has 1 aromatic heterocycles. The highest BCUT2D eigenvalue weighted by atomic mass is 35.5. The standard InChI is InChI=1S/C14H16ClN3/c15-13-3-1-2-12(8-13)10-14(18-16)9-11-4-6-17-7-5-11/h1-8,14,18H,9-10,16H2. The van der Waals surface area contributed by atoms with Crippen LogP contribution in [-0.2, 0) is 12.8 Å². The molecule has 0 aliphatic carbocycles. The van der Waals surface area contributed by atoms with Crippen molar-refractivity contribution in [3.8, 4) is 0 Å². The first-order chi connectivity index (χ1) is 8.78. The quantitative estimate of drug-likeness (QED) is 0.642. The van der Waals surface area contributed by atoms with Crippen LogP contribution in [0, 0.1) is 0 Å². The van der Waals surface area contributed by atoms with Crippen LogP contribution in [0.5, 0.6) is 0 Å². The molecule has 4 heteroatoms. The van der Waals surface area contributed by atoms with Crippen molar-refractivity contribution < 1.29 is 0 Å². The molecule has 2 rings (SSSR count). The number of nitrogens with two attached hydrogens (primary N) is 1. The van der Waals surface area contributed by atoms with Crippen molar-refractivity contribution in [2.75, 3.05) is 0 Å². The number of halogens is 1. The monoisotopic (exact) mass is 261 g/mol. The van der Waals surface area contributed by atoms with Gasteiger partial charge in [0.25, 0.3) is 0 Å². The Hall–Kier alpha value is -1.42. The molecule has 1 atom stereocenters. The fraction of sp³-hybridized carbons (Fsp3) is 0.214. The Kier molecular flexibility index (Phi) is 4.70. The lowest BCUT2D eigenvalue weighted by Crippen LogP contribution is -2.38. The molecule has 0 amide bonds. The maximum absolute atomic E-state index is 5.97. The van der Waals surface area contributed by atoms with E-state index in [2.05, 4.69) is 16.5 Å². The zero-order valence-electron chi connectivity index (χ0n) is 10.0. The summed E-state index contributed by atoms with van der Waals surface area (Å²) in [5.41, 5.74) is 5.25. The summed E-state index contributed by atoms with van der Waals surface area (Å²) in [4.78, 5) is 4.00. The molecule has 3 nitrogen and oxygen atoms in total. The van der Waals surface area contributed by atoms with Crippen molar-refractivity contribution in [2.24, 2.45) is 5.84 Å². The largest absolute Gasteiger partial charge is 0.271 e. The van der Waals surface area contributed by atoms with Crippen molar-refractivity contribution in [1.82, 2.24) is 10.4 Å². The van der Waals surface area contributed by atoms with Gasteiger partial charge in [0.05, 0.1) is 0 Å². The van der Waals surface area contributed by atoms with E-state index in [0.717, 1.165) is 17.9 Å². The highest BCUT2D eigenvalue weighted by Gasteiger charge is 2.09. The zero-order chi connectivity index (χ0) is 12.8. The van der Waals surface area contributed by atoms with E-state index in [1.165, 1.54) is 11.1 Å². The van der Waals surface area contributed by atoms with Gasteiger partial charge >= 0.3 is 0 Å². The lowest BCUT2D eigenvalue weighted by Gasteiger charge is -2.16. The highest BCUT2D eigenvalue weighted by molar-refractivity contribution is 6.30. The first kappa shape index (κ1) is 13.0. The normalized spacial score (nSPS) is 12.3. The molecule has 0 saturated carbocycles. The summed E-state index contributed by atoms with van der Waals surface area (Å²) in [6.07, 6.45) is 5.30. The minimum atomic E-state index is 0.186. The van der Waals surface area contributed by atoms with Gasteiger partial charge < -0.3 is 0 Å². The molecular weight excluding hydrogens is 246 g/mol. The second-order valence-corrected chi connectivity index (χ2v) is 4.69. The van der Waals surface area contributed by atoms with Gasteiger partial charge in [-0.15, -0.1) is 0 Å². The second kappa shape index (κ2) is 6.50. The van der Waals surface area contributed by atoms with E-state index in [-0.39, 0.29) is 6.04 Å². The average Bonchev–Trinajstić information content (AvgIpc) is 2.39. The van der Waals surface area contributed by atoms with E-state index in [1.807, 2.05) is 30.3 Å². The topological polar surface area (TPSA) is 50.9 Å². The van der Waals surface area contributed by atoms with Gasteiger partial charge in [-0.1, -0.05) is 23.7 Å². The molecule has 0 fully saturated rings. The molecule has 3 N–H and O–H groups in total. The van der Waals surface area contributed by atoms with Gasteiger partial charge in [-0.25, -0.2) is 0 Å². The molecule has 18 heavy (non-hydrogen) atoms. The van der Waals surface area contributed by atoms with Crippen LogP contribution < -0.4 is 11.3 Å². The van der Waals surface area contributed by atoms with Crippen LogP contribution in [0.15, 0.2) is 48.8 Å². The lowest BCUT2D eigenvalue weighted by atomic mass is 10.0. The van der Waals surface area contributed by atoms with E-state index in [1.54, 1.807) is 12.4 Å². The predicted octanol–water partition coefficient (Wildman–Crippen LogP) is 2.35. The SMILES string of the molecule is NNC(Cc1ccncc1)Cc1cccc(Cl)c1. The van der Waals surface area contributed by atoms with Crippen molar-refractivity contribution in [2.45, 2.75) is 18.9 Å². The van der Waals surface area contributed by atoms with E-state index in [0.29, 0.717) is 0 Å². The number of pyridine rings is 1. The smallest absolute Gasteiger partial charge is 0.0408 e. The summed E-state index contributed by atoms with van der Waals surface area (Å²) in [5.74, 6) is 5.61. The highest BCUT2D eigenvalue weighted by Crippen LogP contribution is 2.13. The van der Waals surface area contributed by atoms with E-state index < -0.39 is 0 Å². The molecule has 0 radical (unpaired) electrons. The number of nitrogens with one attached hydrogen (secondary N) is 1. The summed E-state index contributed by atoms with van der Waals surface area (Å²) in [5, 5.41) is 0.757. The molecule has 0 saturated heterocycles. The molecule has 1 aromatic carbocycles. The van der Waals surface area contributed by atoms with Crippen LogP contribution in [0.25, 0.3) is 0 Å². The van der Waals surface area contributed by atoms with Crippen LogP contribution in [0.3, 0.4) is 0 Å². The molecular formula is C14H16ClN3. The summed E-state index contributed by atoms with van der Waals surface area (Å²) in [6, 6.07) is 12.0. The predicted molar refractivity (Wildman–Crippen MR) is 74.2 cm³/mol. The van der Waals surface area contributed by atoms with Gasteiger partial charge in [-0.2, -0.15) is 0 Å². The maximum atomic E-state index is 5.97. The number of aromatic nitrogens is 1. The Morgan fingerprint density at radius 1 is 1.11 bits per heavy atom. The van der Waals surface area contributed by atoms with Gasteiger partial charge in [0.2, 0.25) is 0 Å². The molecule has 1 heterocycles. The maximum Gasteiger partial charge on any atom is 0.0408 e. The zero-order valence-corrected chi connectivity index (χ0v) is 10.8. The van der Waals surface area contributed by atoms with E-state index in [9.17, 15) is 0 Å². The summed E-state index contributed by atoms with van der Waals surface area (Å²) < 4.78 is 0. The Morgan fingerprint density at radius 3 is 2.50 bits per heavy atom. The molecule has 0 aliphatic heterocycles. The second-order valence-electron chi connectivity index (χ2n) is 4.26. The molecule has 94 valence electrons. The van der Waals surface area contributed by atoms with Crippen LogP contribution in [0.2, 0.25) is 5.02 Å². The average molecular weight is 262 g/mol. The molecule has 0 aliphatic rings. The Labute approximate surface area is 112 Å². The fourth-order valence-electron chi connectivity index (χ4n) is 1.94. The third-order valence-corrected chi connectivity index (χ3v) is 3.07. The minimum Gasteiger partial charge on any atom is -0.271 e. The Bertz CT molecular complexity index is 487. The fourth-order valence-corrected chi connectivity index (χ4v) is 2.15. The van der Waals surface area contributed by atoms with Gasteiger partial charge in [0, 0.05) is 23.5 Å². The van der Waals surface area contributed by atoms with Crippen LogP contribution >= 0.6 is 11.6 Å². The van der Waals surface area contributed by atoms with Crippen molar-refractivity contribution in [3.05, 3.63) is 64.9 Å². The Morgan fingerprint density at radius 2 is 1.83 bits per heavy atom. The van der Waals surface area contributed by atoms with Crippen LogP contribution in [0.4, 0.5) is 0 Å². The summed E-state index contributed by atoms with van der Waals surface area (Å²) >= 11 is 5.97. The lowest BCUT2D eigenvalue weighted by molar-refractivity contribution is 0.522. The first-order valence-corrected chi connectivity index (χ1v) is 6.25. The molecule has 1 unspecified atom stereocenters. The van der Waals surface area contributed by atoms with Gasteiger partial charge in [0.1, 0.15) is 0 Å².